The summed E-state index contributed by atoms with van der Waals surface area (Å²) in [5.74, 6) is 2.87. The molecule has 1 aromatic carbocycles. The molecule has 3 nitrogen and oxygen atoms in total. The van der Waals surface area contributed by atoms with E-state index in [1.54, 1.807) is 0 Å². The van der Waals surface area contributed by atoms with E-state index in [0.717, 1.165) is 18.4 Å². The molecule has 1 atom stereocenters. The second kappa shape index (κ2) is 4.28. The fraction of sp³-hybridized carbons (Fsp3) is 0.308. The molecule has 1 unspecified atom stereocenters. The van der Waals surface area contributed by atoms with Gasteiger partial charge in [0.05, 0.1) is 0 Å². The van der Waals surface area contributed by atoms with Crippen LogP contribution in [0.15, 0.2) is 18.2 Å². The molecule has 2 rings (SSSR count). The number of hydrogen-bond donors (Lipinski definition) is 2. The van der Waals surface area contributed by atoms with Gasteiger partial charge in [0.2, 0.25) is 0 Å². The van der Waals surface area contributed by atoms with Gasteiger partial charge in [-0.2, -0.15) is 0 Å². The Morgan fingerprint density at radius 3 is 3.12 bits per heavy atom. The summed E-state index contributed by atoms with van der Waals surface area (Å²) in [6.45, 7) is 0.469. The number of hydrogen-bond acceptors (Lipinski definition) is 1. The van der Waals surface area contributed by atoms with Crippen LogP contribution < -0.4 is 5.32 Å². The van der Waals surface area contributed by atoms with Crippen molar-refractivity contribution in [3.8, 4) is 12.3 Å². The first-order valence-electron chi connectivity index (χ1n) is 5.27. The molecule has 3 heteroatoms. The molecule has 1 aliphatic carbocycles. The van der Waals surface area contributed by atoms with E-state index >= 15 is 0 Å². The maximum atomic E-state index is 10.4. The van der Waals surface area contributed by atoms with Crippen LogP contribution in [0.2, 0.25) is 0 Å². The molecule has 0 heterocycles. The lowest BCUT2D eigenvalue weighted by atomic mass is 9.99. The third kappa shape index (κ3) is 2.01. The third-order valence-electron chi connectivity index (χ3n) is 3.01. The number of nitrogens with one attached hydrogen (secondary N) is 1. The fourth-order valence-electron chi connectivity index (χ4n) is 2.20. The van der Waals surface area contributed by atoms with Gasteiger partial charge >= 0.3 is 6.09 Å². The van der Waals surface area contributed by atoms with E-state index in [0.29, 0.717) is 6.54 Å². The standard InChI is InChI=1S/C13H13NO2/c1-2-9-3-4-10-5-6-11(12(10)7-9)8-14-13(15)16/h1,3-4,7,11,14H,5-6,8H2,(H,15,16). The van der Waals surface area contributed by atoms with E-state index in [9.17, 15) is 4.79 Å². The maximum Gasteiger partial charge on any atom is 0.404 e. The second-order valence-corrected chi connectivity index (χ2v) is 3.98. The van der Waals surface area contributed by atoms with Crippen molar-refractivity contribution in [3.63, 3.8) is 0 Å². The first-order valence-corrected chi connectivity index (χ1v) is 5.27. The molecular weight excluding hydrogens is 202 g/mol. The second-order valence-electron chi connectivity index (χ2n) is 3.98. The summed E-state index contributed by atoms with van der Waals surface area (Å²) in [6, 6.07) is 5.98. The number of benzene rings is 1. The van der Waals surface area contributed by atoms with Gasteiger partial charge < -0.3 is 10.4 Å². The number of carboxylic acid groups (broad SMARTS) is 1. The Morgan fingerprint density at radius 1 is 1.62 bits per heavy atom. The fourth-order valence-corrected chi connectivity index (χ4v) is 2.20. The minimum absolute atomic E-state index is 0.263. The highest BCUT2D eigenvalue weighted by Gasteiger charge is 2.22. The Balaban J connectivity index is 2.18. The van der Waals surface area contributed by atoms with Gasteiger partial charge in [-0.1, -0.05) is 12.0 Å². The summed E-state index contributed by atoms with van der Waals surface area (Å²) in [7, 11) is 0. The zero-order valence-corrected chi connectivity index (χ0v) is 8.86. The minimum Gasteiger partial charge on any atom is -0.465 e. The zero-order chi connectivity index (χ0) is 11.5. The van der Waals surface area contributed by atoms with Crippen molar-refractivity contribution in [1.29, 1.82) is 0 Å². The van der Waals surface area contributed by atoms with Gasteiger partial charge in [0.15, 0.2) is 0 Å². The lowest BCUT2D eigenvalue weighted by Gasteiger charge is -2.11. The average Bonchev–Trinajstić information content (AvgIpc) is 2.68. The monoisotopic (exact) mass is 215 g/mol. The van der Waals surface area contributed by atoms with Crippen molar-refractivity contribution in [2.75, 3.05) is 6.54 Å². The molecule has 0 fully saturated rings. The van der Waals surface area contributed by atoms with Crippen LogP contribution in [0.4, 0.5) is 4.79 Å². The van der Waals surface area contributed by atoms with Crippen LogP contribution in [0.3, 0.4) is 0 Å². The molecule has 1 aromatic rings. The summed E-state index contributed by atoms with van der Waals surface area (Å²) in [6.07, 6.45) is 6.38. The van der Waals surface area contributed by atoms with Crippen LogP contribution in [0.25, 0.3) is 0 Å². The first kappa shape index (κ1) is 10.6. The number of aryl methyl sites for hydroxylation is 1. The molecule has 2 N–H and O–H groups in total. The molecule has 0 saturated heterocycles. The molecule has 0 saturated carbocycles. The molecule has 0 aliphatic heterocycles. The highest BCUT2D eigenvalue weighted by Crippen LogP contribution is 2.33. The van der Waals surface area contributed by atoms with E-state index in [1.807, 2.05) is 18.2 Å². The van der Waals surface area contributed by atoms with E-state index in [4.69, 9.17) is 11.5 Å². The molecule has 0 spiro atoms. The molecular formula is C13H13NO2. The van der Waals surface area contributed by atoms with E-state index < -0.39 is 6.09 Å². The van der Waals surface area contributed by atoms with Crippen LogP contribution in [-0.4, -0.2) is 17.7 Å². The molecule has 0 bridgehead atoms. The first-order chi connectivity index (χ1) is 7.70. The Bertz CT molecular complexity index is 459. The predicted molar refractivity (Wildman–Crippen MR) is 61.5 cm³/mol. The van der Waals surface area contributed by atoms with Gasteiger partial charge in [-0.3, -0.25) is 0 Å². The van der Waals surface area contributed by atoms with Gasteiger partial charge in [-0.05, 0) is 36.1 Å². The van der Waals surface area contributed by atoms with Crippen molar-refractivity contribution in [3.05, 3.63) is 34.9 Å². The quantitative estimate of drug-likeness (QED) is 0.741. The number of carbonyl (C=O) groups is 1. The van der Waals surface area contributed by atoms with Gasteiger partial charge in [0.25, 0.3) is 0 Å². The summed E-state index contributed by atoms with van der Waals surface area (Å²) < 4.78 is 0. The van der Waals surface area contributed by atoms with Crippen LogP contribution in [0.1, 0.15) is 29.0 Å². The third-order valence-corrected chi connectivity index (χ3v) is 3.01. The van der Waals surface area contributed by atoms with Crippen LogP contribution in [0.5, 0.6) is 0 Å². The van der Waals surface area contributed by atoms with E-state index in [2.05, 4.69) is 11.2 Å². The highest BCUT2D eigenvalue weighted by atomic mass is 16.4. The Morgan fingerprint density at radius 2 is 2.44 bits per heavy atom. The SMILES string of the molecule is C#Cc1ccc2c(c1)C(CNC(=O)O)CC2. The van der Waals surface area contributed by atoms with Crippen molar-refractivity contribution < 1.29 is 9.90 Å². The van der Waals surface area contributed by atoms with E-state index in [-0.39, 0.29) is 5.92 Å². The highest BCUT2D eigenvalue weighted by molar-refractivity contribution is 5.64. The van der Waals surface area contributed by atoms with Gasteiger partial charge in [0, 0.05) is 18.0 Å². The maximum absolute atomic E-state index is 10.4. The summed E-state index contributed by atoms with van der Waals surface area (Å²) in [5, 5.41) is 11.0. The Kier molecular flexibility index (Phi) is 2.82. The predicted octanol–water partition coefficient (Wildman–Crippen LogP) is 1.97. The number of fused-ring (bicyclic) bond motifs is 1. The normalized spacial score (nSPS) is 17.6. The van der Waals surface area contributed by atoms with Gasteiger partial charge in [-0.25, -0.2) is 4.79 Å². The van der Waals surface area contributed by atoms with Crippen LogP contribution >= 0.6 is 0 Å². The summed E-state index contributed by atoms with van der Waals surface area (Å²) in [5.41, 5.74) is 3.35. The van der Waals surface area contributed by atoms with Crippen LogP contribution in [-0.2, 0) is 6.42 Å². The lowest BCUT2D eigenvalue weighted by molar-refractivity contribution is 0.193. The number of amides is 1. The van der Waals surface area contributed by atoms with Crippen LogP contribution in [0, 0.1) is 12.3 Å². The van der Waals surface area contributed by atoms with Gasteiger partial charge in [-0.15, -0.1) is 6.42 Å². The summed E-state index contributed by atoms with van der Waals surface area (Å²) >= 11 is 0. The molecule has 0 radical (unpaired) electrons. The Hall–Kier alpha value is -1.95. The lowest BCUT2D eigenvalue weighted by Crippen LogP contribution is -2.25. The van der Waals surface area contributed by atoms with Crippen molar-refractivity contribution in [2.24, 2.45) is 0 Å². The molecule has 82 valence electrons. The molecule has 16 heavy (non-hydrogen) atoms. The van der Waals surface area contributed by atoms with E-state index in [1.165, 1.54) is 11.1 Å². The summed E-state index contributed by atoms with van der Waals surface area (Å²) in [4.78, 5) is 10.4. The molecule has 1 aliphatic rings. The number of terminal acetylenes is 1. The average molecular weight is 215 g/mol. The largest absolute Gasteiger partial charge is 0.465 e. The van der Waals surface area contributed by atoms with Gasteiger partial charge in [0.1, 0.15) is 0 Å². The Labute approximate surface area is 94.5 Å². The zero-order valence-electron chi connectivity index (χ0n) is 8.86. The molecule has 0 aromatic heterocycles. The minimum atomic E-state index is -0.971. The molecule has 1 amide bonds. The topological polar surface area (TPSA) is 49.3 Å². The van der Waals surface area contributed by atoms with Crippen molar-refractivity contribution in [2.45, 2.75) is 18.8 Å². The van der Waals surface area contributed by atoms with Crippen molar-refractivity contribution >= 4 is 6.09 Å². The van der Waals surface area contributed by atoms with Crippen molar-refractivity contribution in [1.82, 2.24) is 5.32 Å². The smallest absolute Gasteiger partial charge is 0.404 e. The number of rotatable bonds is 2.